The topological polar surface area (TPSA) is 79.0 Å². The number of nitrogens with zero attached hydrogens (tertiary/aromatic N) is 1. The lowest BCUT2D eigenvalue weighted by Crippen LogP contribution is -2.40. The highest BCUT2D eigenvalue weighted by atomic mass is 35.5. The molecule has 15 heteroatoms. The van der Waals surface area contributed by atoms with E-state index in [4.69, 9.17) is 27.9 Å². The van der Waals surface area contributed by atoms with Gasteiger partial charge >= 0.3 is 12.4 Å². The SMILES string of the molecule is O=C(NC1CCC(C(F)(F)F)CC1)c1cc2nc(Nc3c(Cl)cc(F)cc3Cl)[nH]c2cc1OCC(F)(F)F. The second kappa shape index (κ2) is 10.7. The van der Waals surface area contributed by atoms with Gasteiger partial charge in [0.25, 0.3) is 5.91 Å². The van der Waals surface area contributed by atoms with E-state index in [1.165, 1.54) is 6.07 Å². The molecule has 1 fully saturated rings. The van der Waals surface area contributed by atoms with Gasteiger partial charge in [0.05, 0.1) is 38.2 Å². The van der Waals surface area contributed by atoms with Crippen LogP contribution >= 0.6 is 23.2 Å². The summed E-state index contributed by atoms with van der Waals surface area (Å²) in [6.07, 6.45) is -9.25. The molecule has 1 heterocycles. The van der Waals surface area contributed by atoms with Crippen LogP contribution in [0, 0.1) is 11.7 Å². The number of hydrogen-bond acceptors (Lipinski definition) is 4. The van der Waals surface area contributed by atoms with Crippen molar-refractivity contribution in [3.05, 3.63) is 45.7 Å². The maximum absolute atomic E-state index is 13.5. The van der Waals surface area contributed by atoms with Crippen molar-refractivity contribution in [1.29, 1.82) is 0 Å². The molecule has 1 amide bonds. The number of alkyl halides is 6. The number of carbonyl (C=O) groups is 1. The van der Waals surface area contributed by atoms with Crippen molar-refractivity contribution in [3.8, 4) is 5.75 Å². The molecular formula is C23H19Cl2F7N4O2. The van der Waals surface area contributed by atoms with Crippen molar-refractivity contribution in [2.24, 2.45) is 5.92 Å². The molecule has 2 aromatic carbocycles. The predicted molar refractivity (Wildman–Crippen MR) is 127 cm³/mol. The number of rotatable bonds is 6. The molecule has 0 radical (unpaired) electrons. The van der Waals surface area contributed by atoms with Crippen LogP contribution in [0.4, 0.5) is 42.4 Å². The molecule has 0 atom stereocenters. The quantitative estimate of drug-likeness (QED) is 0.261. The molecule has 0 aliphatic heterocycles. The number of imidazole rings is 1. The van der Waals surface area contributed by atoms with Crippen LogP contribution in [0.25, 0.3) is 11.0 Å². The van der Waals surface area contributed by atoms with Crippen molar-refractivity contribution in [2.75, 3.05) is 11.9 Å². The summed E-state index contributed by atoms with van der Waals surface area (Å²) in [5.74, 6) is -3.34. The van der Waals surface area contributed by atoms with Gasteiger partial charge in [0.15, 0.2) is 6.61 Å². The number of halogens is 9. The number of ether oxygens (including phenoxy) is 1. The fourth-order valence-electron chi connectivity index (χ4n) is 4.16. The first-order valence-corrected chi connectivity index (χ1v) is 12.0. The molecule has 1 aliphatic rings. The van der Waals surface area contributed by atoms with Crippen molar-refractivity contribution in [1.82, 2.24) is 15.3 Å². The maximum atomic E-state index is 13.5. The molecule has 0 saturated heterocycles. The highest BCUT2D eigenvalue weighted by Gasteiger charge is 2.41. The van der Waals surface area contributed by atoms with E-state index in [1.54, 1.807) is 0 Å². The molecule has 0 unspecified atom stereocenters. The van der Waals surface area contributed by atoms with Gasteiger partial charge in [-0.15, -0.1) is 0 Å². The second-order valence-corrected chi connectivity index (χ2v) is 9.60. The summed E-state index contributed by atoms with van der Waals surface area (Å²) in [6, 6.07) is 3.75. The number of hydrogen-bond donors (Lipinski definition) is 3. The summed E-state index contributed by atoms with van der Waals surface area (Å²) in [5, 5.41) is 5.21. The number of fused-ring (bicyclic) bond motifs is 1. The minimum Gasteiger partial charge on any atom is -0.483 e. The molecule has 3 aromatic rings. The largest absolute Gasteiger partial charge is 0.483 e. The number of amides is 1. The van der Waals surface area contributed by atoms with E-state index >= 15 is 0 Å². The Morgan fingerprint density at radius 3 is 2.24 bits per heavy atom. The summed E-state index contributed by atoms with van der Waals surface area (Å²) in [6.45, 7) is -1.69. The first-order valence-electron chi connectivity index (χ1n) is 11.2. The van der Waals surface area contributed by atoms with E-state index in [0.717, 1.165) is 18.2 Å². The zero-order chi connectivity index (χ0) is 27.8. The molecule has 1 saturated carbocycles. The average molecular weight is 587 g/mol. The molecule has 0 spiro atoms. The molecule has 1 aliphatic carbocycles. The van der Waals surface area contributed by atoms with Gasteiger partial charge in [0, 0.05) is 12.1 Å². The van der Waals surface area contributed by atoms with Crippen molar-refractivity contribution in [3.63, 3.8) is 0 Å². The minimum absolute atomic E-state index is 0.0280. The van der Waals surface area contributed by atoms with Gasteiger partial charge in [0.1, 0.15) is 11.6 Å². The number of carbonyl (C=O) groups excluding carboxylic acids is 1. The molecule has 206 valence electrons. The van der Waals surface area contributed by atoms with Gasteiger partial charge < -0.3 is 20.4 Å². The second-order valence-electron chi connectivity index (χ2n) is 8.79. The normalized spacial score (nSPS) is 18.4. The van der Waals surface area contributed by atoms with Gasteiger partial charge in [-0.3, -0.25) is 4.79 Å². The number of aromatic nitrogens is 2. The van der Waals surface area contributed by atoms with Crippen molar-refractivity contribution < 1.29 is 40.3 Å². The zero-order valence-electron chi connectivity index (χ0n) is 19.2. The molecule has 1 aromatic heterocycles. The van der Waals surface area contributed by atoms with Crippen LogP contribution in [0.5, 0.6) is 5.75 Å². The highest BCUT2D eigenvalue weighted by molar-refractivity contribution is 6.39. The fourth-order valence-corrected chi connectivity index (χ4v) is 4.72. The van der Waals surface area contributed by atoms with Crippen molar-refractivity contribution >= 4 is 51.8 Å². The summed E-state index contributed by atoms with van der Waals surface area (Å²) in [4.78, 5) is 20.0. The summed E-state index contributed by atoms with van der Waals surface area (Å²) in [5.41, 5.74) is 0.152. The first-order chi connectivity index (χ1) is 17.7. The number of aromatic amines is 1. The van der Waals surface area contributed by atoms with E-state index in [1.807, 2.05) is 0 Å². The summed E-state index contributed by atoms with van der Waals surface area (Å²) < 4.78 is 95.7. The lowest BCUT2D eigenvalue weighted by Gasteiger charge is -2.30. The van der Waals surface area contributed by atoms with E-state index in [2.05, 4.69) is 20.6 Å². The van der Waals surface area contributed by atoms with Crippen molar-refractivity contribution in [2.45, 2.75) is 44.1 Å². The Bertz CT molecular complexity index is 1310. The molecular weight excluding hydrogens is 568 g/mol. The van der Waals surface area contributed by atoms with Gasteiger partial charge in [0.2, 0.25) is 5.95 Å². The third-order valence-corrected chi connectivity index (χ3v) is 6.59. The number of benzene rings is 2. The van der Waals surface area contributed by atoms with Crippen LogP contribution in [0.1, 0.15) is 36.0 Å². The van der Waals surface area contributed by atoms with Crippen LogP contribution in [0.3, 0.4) is 0 Å². The Hall–Kier alpha value is -2.93. The minimum atomic E-state index is -4.70. The zero-order valence-corrected chi connectivity index (χ0v) is 20.7. The number of nitrogens with one attached hydrogen (secondary N) is 3. The van der Waals surface area contributed by atoms with E-state index in [-0.39, 0.29) is 64.0 Å². The predicted octanol–water partition coefficient (Wildman–Crippen LogP) is 7.54. The smallest absolute Gasteiger partial charge is 0.422 e. The molecule has 38 heavy (non-hydrogen) atoms. The Labute approximate surface area is 220 Å². The summed E-state index contributed by atoms with van der Waals surface area (Å²) in [7, 11) is 0. The van der Waals surface area contributed by atoms with Crippen LogP contribution in [-0.2, 0) is 0 Å². The Morgan fingerprint density at radius 2 is 1.66 bits per heavy atom. The highest BCUT2D eigenvalue weighted by Crippen LogP contribution is 2.38. The molecule has 6 nitrogen and oxygen atoms in total. The third-order valence-electron chi connectivity index (χ3n) is 5.99. The monoisotopic (exact) mass is 586 g/mol. The molecule has 0 bridgehead atoms. The number of H-pyrrole nitrogens is 1. The summed E-state index contributed by atoms with van der Waals surface area (Å²) >= 11 is 12.0. The van der Waals surface area contributed by atoms with Crippen LogP contribution in [-0.4, -0.2) is 40.9 Å². The Morgan fingerprint density at radius 1 is 1.03 bits per heavy atom. The Kier molecular flexibility index (Phi) is 7.89. The van der Waals surface area contributed by atoms with Crippen LogP contribution in [0.15, 0.2) is 24.3 Å². The van der Waals surface area contributed by atoms with E-state index < -0.39 is 48.4 Å². The average Bonchev–Trinajstić information content (AvgIpc) is 3.20. The third kappa shape index (κ3) is 6.73. The Balaban J connectivity index is 1.59. The van der Waals surface area contributed by atoms with E-state index in [0.29, 0.717) is 0 Å². The van der Waals surface area contributed by atoms with Gasteiger partial charge in [-0.05, 0) is 43.9 Å². The standard InChI is InChI=1S/C23H19Cl2F7N4O2/c24-14-5-11(26)6-15(25)19(14)36-21-34-16-7-13(18(8-17(16)35-21)38-9-22(27,28)29)20(37)33-12-3-1-10(2-4-12)23(30,31)32/h5-8,10,12H,1-4,9H2,(H,33,37)(H2,34,35,36). The van der Waals surface area contributed by atoms with Gasteiger partial charge in [-0.25, -0.2) is 9.37 Å². The van der Waals surface area contributed by atoms with Gasteiger partial charge in [-0.2, -0.15) is 26.3 Å². The van der Waals surface area contributed by atoms with E-state index in [9.17, 15) is 35.5 Å². The lowest BCUT2D eigenvalue weighted by molar-refractivity contribution is -0.182. The fraction of sp³-hybridized carbons (Fsp3) is 0.391. The molecule has 4 rings (SSSR count). The van der Waals surface area contributed by atoms with Gasteiger partial charge in [-0.1, -0.05) is 23.2 Å². The first kappa shape index (κ1) is 28.1. The molecule has 3 N–H and O–H groups in total. The number of anilines is 2. The van der Waals surface area contributed by atoms with Crippen LogP contribution < -0.4 is 15.4 Å². The lowest BCUT2D eigenvalue weighted by atomic mass is 9.85. The maximum Gasteiger partial charge on any atom is 0.422 e. The van der Waals surface area contributed by atoms with Crippen LogP contribution in [0.2, 0.25) is 10.0 Å².